The minimum Gasteiger partial charge on any atom is -0.338 e. The van der Waals surface area contributed by atoms with Crippen LogP contribution in [0.5, 0.6) is 0 Å². The Bertz CT molecular complexity index is 796. The van der Waals surface area contributed by atoms with Gasteiger partial charge in [0.2, 0.25) is 5.91 Å². The Morgan fingerprint density at radius 3 is 2.31 bits per heavy atom. The third kappa shape index (κ3) is 3.64. The van der Waals surface area contributed by atoms with E-state index >= 15 is 0 Å². The maximum absolute atomic E-state index is 12.8. The highest BCUT2D eigenvalue weighted by atomic mass is 16.2. The molecule has 156 valence electrons. The Hall–Kier alpha value is -2.04. The van der Waals surface area contributed by atoms with Crippen LogP contribution in [-0.2, 0) is 17.8 Å². The molecular weight excluding hydrogens is 362 g/mol. The van der Waals surface area contributed by atoms with Crippen molar-refractivity contribution in [2.45, 2.75) is 70.9 Å². The molecular formula is C24H33N3O2. The number of nitrogens with zero attached hydrogens (tertiary/aromatic N) is 1. The lowest BCUT2D eigenvalue weighted by Gasteiger charge is -2.56. The largest absolute Gasteiger partial charge is 0.338 e. The Labute approximate surface area is 173 Å². The van der Waals surface area contributed by atoms with Gasteiger partial charge in [-0.2, -0.15) is 0 Å². The van der Waals surface area contributed by atoms with Gasteiger partial charge in [0.25, 0.3) is 0 Å². The molecule has 1 aromatic rings. The summed E-state index contributed by atoms with van der Waals surface area (Å²) in [4.78, 5) is 27.1. The monoisotopic (exact) mass is 395 g/mol. The summed E-state index contributed by atoms with van der Waals surface area (Å²) < 4.78 is 0. The Balaban J connectivity index is 1.25. The zero-order chi connectivity index (χ0) is 20.2. The maximum atomic E-state index is 12.8. The first kappa shape index (κ1) is 19.0. The van der Waals surface area contributed by atoms with Gasteiger partial charge in [-0.3, -0.25) is 4.79 Å². The number of fused-ring (bicyclic) bond motifs is 1. The average Bonchev–Trinajstić information content (AvgIpc) is 2.65. The van der Waals surface area contributed by atoms with Crippen molar-refractivity contribution in [1.82, 2.24) is 10.2 Å². The Kier molecular flexibility index (Phi) is 4.60. The third-order valence-corrected chi connectivity index (χ3v) is 7.70. The van der Waals surface area contributed by atoms with Crippen LogP contribution in [0, 0.1) is 23.7 Å². The summed E-state index contributed by atoms with van der Waals surface area (Å²) in [5.74, 6) is 2.66. The number of hydrogen-bond donors (Lipinski definition) is 2. The van der Waals surface area contributed by atoms with Crippen molar-refractivity contribution in [3.05, 3.63) is 29.3 Å². The molecule has 6 rings (SSSR count). The highest BCUT2D eigenvalue weighted by Gasteiger charge is 2.51. The Morgan fingerprint density at radius 1 is 1.03 bits per heavy atom. The second-order valence-electron chi connectivity index (χ2n) is 10.4. The van der Waals surface area contributed by atoms with Crippen LogP contribution in [-0.4, -0.2) is 28.9 Å². The van der Waals surface area contributed by atoms with Gasteiger partial charge in [0, 0.05) is 30.2 Å². The highest BCUT2D eigenvalue weighted by Crippen LogP contribution is 2.55. The van der Waals surface area contributed by atoms with Crippen molar-refractivity contribution in [3.63, 3.8) is 0 Å². The zero-order valence-corrected chi connectivity index (χ0v) is 17.7. The first-order valence-electron chi connectivity index (χ1n) is 11.4. The summed E-state index contributed by atoms with van der Waals surface area (Å²) in [6, 6.07) is 6.08. The molecule has 4 fully saturated rings. The molecule has 5 aliphatic rings. The summed E-state index contributed by atoms with van der Waals surface area (Å²) in [6.45, 7) is 5.32. The van der Waals surface area contributed by atoms with Gasteiger partial charge in [-0.05, 0) is 86.0 Å². The second kappa shape index (κ2) is 7.03. The van der Waals surface area contributed by atoms with Gasteiger partial charge < -0.3 is 15.5 Å². The van der Waals surface area contributed by atoms with Crippen molar-refractivity contribution >= 4 is 17.6 Å². The molecule has 1 aromatic carbocycles. The predicted molar refractivity (Wildman–Crippen MR) is 113 cm³/mol. The first-order chi connectivity index (χ1) is 13.9. The summed E-state index contributed by atoms with van der Waals surface area (Å²) in [6.07, 6.45) is 8.47. The molecule has 0 aromatic heterocycles. The van der Waals surface area contributed by atoms with Gasteiger partial charge >= 0.3 is 6.03 Å². The molecule has 0 radical (unpaired) electrons. The van der Waals surface area contributed by atoms with Crippen LogP contribution in [0.2, 0.25) is 0 Å². The molecule has 29 heavy (non-hydrogen) atoms. The van der Waals surface area contributed by atoms with Gasteiger partial charge in [-0.15, -0.1) is 0 Å². The van der Waals surface area contributed by atoms with Crippen LogP contribution in [0.3, 0.4) is 0 Å². The van der Waals surface area contributed by atoms with Gasteiger partial charge in [-0.1, -0.05) is 19.9 Å². The second-order valence-corrected chi connectivity index (χ2v) is 10.4. The molecule has 3 amide bonds. The van der Waals surface area contributed by atoms with Gasteiger partial charge in [-0.25, -0.2) is 4.79 Å². The van der Waals surface area contributed by atoms with Crippen LogP contribution < -0.4 is 10.6 Å². The van der Waals surface area contributed by atoms with E-state index in [4.69, 9.17) is 0 Å². The van der Waals surface area contributed by atoms with Gasteiger partial charge in [0.1, 0.15) is 0 Å². The lowest BCUT2D eigenvalue weighted by atomic mass is 9.53. The van der Waals surface area contributed by atoms with Crippen molar-refractivity contribution < 1.29 is 9.59 Å². The number of carbonyl (C=O) groups excluding carboxylic acids is 2. The van der Waals surface area contributed by atoms with E-state index in [0.717, 1.165) is 61.2 Å². The number of rotatable bonds is 3. The van der Waals surface area contributed by atoms with E-state index in [9.17, 15) is 9.59 Å². The number of anilines is 1. The number of urea groups is 1. The number of nitrogens with one attached hydrogen (secondary N) is 2. The normalized spacial score (nSPS) is 32.2. The molecule has 5 heteroatoms. The van der Waals surface area contributed by atoms with E-state index in [0.29, 0.717) is 6.54 Å². The highest BCUT2D eigenvalue weighted by molar-refractivity contribution is 5.90. The lowest BCUT2D eigenvalue weighted by Crippen LogP contribution is -2.60. The van der Waals surface area contributed by atoms with Crippen molar-refractivity contribution in [1.29, 1.82) is 0 Å². The van der Waals surface area contributed by atoms with E-state index < -0.39 is 0 Å². The van der Waals surface area contributed by atoms with Crippen LogP contribution in [0.4, 0.5) is 10.5 Å². The van der Waals surface area contributed by atoms with Crippen molar-refractivity contribution in [2.24, 2.45) is 23.7 Å². The van der Waals surface area contributed by atoms with E-state index in [1.807, 2.05) is 30.9 Å². The van der Waals surface area contributed by atoms with Crippen LogP contribution in [0.15, 0.2) is 18.2 Å². The quantitative estimate of drug-likeness (QED) is 0.801. The Morgan fingerprint density at radius 2 is 1.69 bits per heavy atom. The third-order valence-electron chi connectivity index (χ3n) is 7.70. The van der Waals surface area contributed by atoms with E-state index in [-0.39, 0.29) is 23.4 Å². The van der Waals surface area contributed by atoms with Crippen molar-refractivity contribution in [2.75, 3.05) is 11.9 Å². The fraction of sp³-hybridized carbons (Fsp3) is 0.667. The molecule has 4 aliphatic carbocycles. The summed E-state index contributed by atoms with van der Waals surface area (Å²) >= 11 is 0. The number of hydrogen-bond acceptors (Lipinski definition) is 2. The summed E-state index contributed by atoms with van der Waals surface area (Å²) in [5.41, 5.74) is 3.28. The number of amides is 3. The molecule has 0 unspecified atom stereocenters. The molecule has 0 saturated heterocycles. The molecule has 2 N–H and O–H groups in total. The van der Waals surface area contributed by atoms with Crippen LogP contribution >= 0.6 is 0 Å². The molecule has 4 saturated carbocycles. The summed E-state index contributed by atoms with van der Waals surface area (Å²) in [5, 5.41) is 6.46. The van der Waals surface area contributed by atoms with Crippen LogP contribution in [0.25, 0.3) is 0 Å². The minimum atomic E-state index is -0.0715. The van der Waals surface area contributed by atoms with E-state index in [1.54, 1.807) is 0 Å². The minimum absolute atomic E-state index is 0.0175. The maximum Gasteiger partial charge on any atom is 0.319 e. The predicted octanol–water partition coefficient (Wildman–Crippen LogP) is 4.32. The first-order valence-corrected chi connectivity index (χ1v) is 11.4. The van der Waals surface area contributed by atoms with E-state index in [1.165, 1.54) is 24.8 Å². The summed E-state index contributed by atoms with van der Waals surface area (Å²) in [7, 11) is 0. The smallest absolute Gasteiger partial charge is 0.319 e. The van der Waals surface area contributed by atoms with Crippen molar-refractivity contribution in [3.8, 4) is 0 Å². The standard InChI is InChI=1S/C24H33N3O2/c1-15(2)22(28)27-6-5-19-3-4-21(10-20(19)14-27)25-23(29)26-24-11-16-7-17(12-24)9-18(8-16)13-24/h3-4,10,15-18H,5-9,11-14H2,1-2H3,(H2,25,26,29). The fourth-order valence-corrected chi connectivity index (χ4v) is 6.86. The topological polar surface area (TPSA) is 61.4 Å². The number of carbonyl (C=O) groups is 2. The molecule has 5 nitrogen and oxygen atoms in total. The van der Waals surface area contributed by atoms with Gasteiger partial charge in [0.15, 0.2) is 0 Å². The van der Waals surface area contributed by atoms with Crippen LogP contribution in [0.1, 0.15) is 63.5 Å². The molecule has 0 spiro atoms. The number of benzene rings is 1. The van der Waals surface area contributed by atoms with Gasteiger partial charge in [0.05, 0.1) is 0 Å². The molecule has 4 bridgehead atoms. The molecule has 1 aliphatic heterocycles. The SMILES string of the molecule is CC(C)C(=O)N1CCc2ccc(NC(=O)NC34CC5CC(CC(C5)C3)C4)cc2C1. The zero-order valence-electron chi connectivity index (χ0n) is 17.7. The average molecular weight is 396 g/mol. The molecule has 0 atom stereocenters. The fourth-order valence-electron chi connectivity index (χ4n) is 6.86. The lowest BCUT2D eigenvalue weighted by molar-refractivity contribution is -0.135. The van der Waals surface area contributed by atoms with E-state index in [2.05, 4.69) is 16.7 Å². The molecule has 1 heterocycles.